The molecule has 3 N–H and O–H groups in total. The first kappa shape index (κ1) is 13.9. The van der Waals surface area contributed by atoms with Gasteiger partial charge in [-0.3, -0.25) is 4.57 Å². The van der Waals surface area contributed by atoms with E-state index in [0.29, 0.717) is 11.0 Å². The molecule has 106 valence electrons. The van der Waals surface area contributed by atoms with Gasteiger partial charge in [0, 0.05) is 12.6 Å². The van der Waals surface area contributed by atoms with Gasteiger partial charge < -0.3 is 15.6 Å². The van der Waals surface area contributed by atoms with E-state index in [1.54, 1.807) is 6.92 Å². The van der Waals surface area contributed by atoms with Gasteiger partial charge in [-0.1, -0.05) is 6.92 Å². The Labute approximate surface area is 107 Å². The summed E-state index contributed by atoms with van der Waals surface area (Å²) in [5.41, 5.74) is 4.39. The summed E-state index contributed by atoms with van der Waals surface area (Å²) in [4.78, 5) is 14.9. The van der Waals surface area contributed by atoms with Crippen LogP contribution in [0.3, 0.4) is 0 Å². The molecule has 3 atom stereocenters. The van der Waals surface area contributed by atoms with Crippen molar-refractivity contribution in [2.45, 2.75) is 44.1 Å². The minimum Gasteiger partial charge on any atom is -0.390 e. The number of hydrogen-bond acceptors (Lipinski definition) is 5. The van der Waals surface area contributed by atoms with Gasteiger partial charge in [0.1, 0.15) is 5.82 Å². The second-order valence-corrected chi connectivity index (χ2v) is 4.51. The number of aliphatic hydroxyl groups is 1. The highest BCUT2D eigenvalue weighted by Crippen LogP contribution is 2.43. The number of aromatic nitrogens is 2. The van der Waals surface area contributed by atoms with Crippen LogP contribution in [-0.2, 0) is 4.74 Å². The minimum atomic E-state index is -3.25. The number of aliphatic hydroxyl groups excluding tert-OH is 1. The van der Waals surface area contributed by atoms with Crippen LogP contribution in [0.15, 0.2) is 17.1 Å². The topological polar surface area (TPSA) is 90.4 Å². The fourth-order valence-corrected chi connectivity index (χ4v) is 2.05. The van der Waals surface area contributed by atoms with Crippen molar-refractivity contribution in [3.63, 3.8) is 0 Å². The molecule has 0 amide bonds. The lowest BCUT2D eigenvalue weighted by molar-refractivity contribution is -0.127. The predicted octanol–water partition coefficient (Wildman–Crippen LogP) is 0.519. The zero-order chi connectivity index (χ0) is 14.2. The van der Waals surface area contributed by atoms with Crippen molar-refractivity contribution < 1.29 is 18.6 Å². The van der Waals surface area contributed by atoms with Crippen molar-refractivity contribution in [3.8, 4) is 0 Å². The van der Waals surface area contributed by atoms with Crippen molar-refractivity contribution in [2.24, 2.45) is 0 Å². The van der Waals surface area contributed by atoms with Crippen LogP contribution < -0.4 is 11.4 Å². The maximum atomic E-state index is 13.9. The minimum absolute atomic E-state index is 0.0484. The van der Waals surface area contributed by atoms with Gasteiger partial charge in [0.2, 0.25) is 6.23 Å². The smallest absolute Gasteiger partial charge is 0.351 e. The van der Waals surface area contributed by atoms with E-state index in [4.69, 9.17) is 10.5 Å². The summed E-state index contributed by atoms with van der Waals surface area (Å²) < 4.78 is 33.5. The molecule has 3 unspecified atom stereocenters. The largest absolute Gasteiger partial charge is 0.390 e. The monoisotopic (exact) mass is 275 g/mol. The van der Waals surface area contributed by atoms with Crippen LogP contribution in [0.2, 0.25) is 0 Å². The molecule has 0 aliphatic carbocycles. The Morgan fingerprint density at radius 3 is 3.00 bits per heavy atom. The second kappa shape index (κ2) is 4.86. The number of alkyl halides is 2. The number of anilines is 1. The second-order valence-electron chi connectivity index (χ2n) is 4.51. The molecule has 0 spiro atoms. The lowest BCUT2D eigenvalue weighted by atomic mass is 10.1. The number of nitrogens with two attached hydrogens (primary N) is 1. The van der Waals surface area contributed by atoms with Gasteiger partial charge >= 0.3 is 5.69 Å². The number of ether oxygens (including phenoxy) is 1. The van der Waals surface area contributed by atoms with Crippen molar-refractivity contribution in [1.82, 2.24) is 9.55 Å². The molecular weight excluding hydrogens is 260 g/mol. The Bertz CT molecular complexity index is 520. The first-order valence-electron chi connectivity index (χ1n) is 5.91. The molecule has 1 saturated heterocycles. The molecule has 19 heavy (non-hydrogen) atoms. The van der Waals surface area contributed by atoms with Crippen LogP contribution in [0, 0.1) is 0 Å². The molecule has 0 aromatic carbocycles. The fourth-order valence-electron chi connectivity index (χ4n) is 2.05. The van der Waals surface area contributed by atoms with Gasteiger partial charge in [-0.15, -0.1) is 0 Å². The Morgan fingerprint density at radius 1 is 1.74 bits per heavy atom. The standard InChI is InChI=1S/C11H15F2N3O3/c1-2-6(17)7-5-11(12,13)9(19-7)16-4-3-8(14)15-10(16)18/h3-4,6-7,9,17H,2,5H2,1H3,(H2,14,15,18). The summed E-state index contributed by atoms with van der Waals surface area (Å²) in [6.45, 7) is 1.66. The molecule has 1 aromatic heterocycles. The van der Waals surface area contributed by atoms with Gasteiger partial charge in [0.15, 0.2) is 0 Å². The van der Waals surface area contributed by atoms with Crippen LogP contribution in [-0.4, -0.2) is 32.8 Å². The zero-order valence-electron chi connectivity index (χ0n) is 10.3. The number of rotatable bonds is 3. The lowest BCUT2D eigenvalue weighted by Crippen LogP contribution is -2.35. The van der Waals surface area contributed by atoms with E-state index in [9.17, 15) is 18.7 Å². The summed E-state index contributed by atoms with van der Waals surface area (Å²) in [5, 5.41) is 9.59. The average Bonchev–Trinajstić information content (AvgIpc) is 2.64. The third-order valence-electron chi connectivity index (χ3n) is 3.09. The van der Waals surface area contributed by atoms with Gasteiger partial charge in [0.05, 0.1) is 12.2 Å². The van der Waals surface area contributed by atoms with Gasteiger partial charge in [-0.2, -0.15) is 4.98 Å². The first-order chi connectivity index (χ1) is 8.85. The number of halogens is 2. The molecule has 8 heteroatoms. The van der Waals surface area contributed by atoms with Crippen molar-refractivity contribution in [1.29, 1.82) is 0 Å². The number of nitrogens with zero attached hydrogens (tertiary/aromatic N) is 2. The number of nitrogen functional groups attached to an aromatic ring is 1. The lowest BCUT2D eigenvalue weighted by Gasteiger charge is -2.20. The molecule has 1 aliphatic rings. The molecule has 6 nitrogen and oxygen atoms in total. The predicted molar refractivity (Wildman–Crippen MR) is 62.7 cm³/mol. The van der Waals surface area contributed by atoms with Gasteiger partial charge in [0.25, 0.3) is 5.92 Å². The Hall–Kier alpha value is -1.54. The number of hydrogen-bond donors (Lipinski definition) is 2. The van der Waals surface area contributed by atoms with Crippen LogP contribution in [0.1, 0.15) is 26.0 Å². The van der Waals surface area contributed by atoms with Gasteiger partial charge in [-0.25, -0.2) is 13.6 Å². The molecule has 0 bridgehead atoms. The van der Waals surface area contributed by atoms with Crippen molar-refractivity contribution in [3.05, 3.63) is 22.7 Å². The van der Waals surface area contributed by atoms with E-state index in [1.165, 1.54) is 6.07 Å². The van der Waals surface area contributed by atoms with E-state index < -0.39 is 36.5 Å². The van der Waals surface area contributed by atoms with E-state index in [-0.39, 0.29) is 5.82 Å². The van der Waals surface area contributed by atoms with Crippen LogP contribution >= 0.6 is 0 Å². The third kappa shape index (κ3) is 2.59. The maximum Gasteiger partial charge on any atom is 0.351 e. The molecular formula is C11H15F2N3O3. The van der Waals surface area contributed by atoms with E-state index in [1.807, 2.05) is 0 Å². The quantitative estimate of drug-likeness (QED) is 0.839. The normalized spacial score (nSPS) is 27.4. The molecule has 0 saturated carbocycles. The van der Waals surface area contributed by atoms with E-state index >= 15 is 0 Å². The molecule has 1 aliphatic heterocycles. The summed E-state index contributed by atoms with van der Waals surface area (Å²) in [7, 11) is 0. The van der Waals surface area contributed by atoms with E-state index in [0.717, 1.165) is 6.20 Å². The highest BCUT2D eigenvalue weighted by molar-refractivity contribution is 5.23. The van der Waals surface area contributed by atoms with Crippen LogP contribution in [0.25, 0.3) is 0 Å². The SMILES string of the molecule is CCC(O)C1CC(F)(F)C(n2ccc(N)nc2=O)O1. The van der Waals surface area contributed by atoms with Gasteiger partial charge in [-0.05, 0) is 12.5 Å². The van der Waals surface area contributed by atoms with Crippen molar-refractivity contribution in [2.75, 3.05) is 5.73 Å². The highest BCUT2D eigenvalue weighted by Gasteiger charge is 2.53. The molecule has 1 aromatic rings. The highest BCUT2D eigenvalue weighted by atomic mass is 19.3. The molecule has 2 heterocycles. The molecule has 0 radical (unpaired) electrons. The van der Waals surface area contributed by atoms with Crippen LogP contribution in [0.5, 0.6) is 0 Å². The zero-order valence-corrected chi connectivity index (χ0v) is 10.3. The maximum absolute atomic E-state index is 13.9. The Kier molecular flexibility index (Phi) is 3.55. The summed E-state index contributed by atoms with van der Waals surface area (Å²) >= 11 is 0. The van der Waals surface area contributed by atoms with Crippen LogP contribution in [0.4, 0.5) is 14.6 Å². The molecule has 2 rings (SSSR count). The summed E-state index contributed by atoms with van der Waals surface area (Å²) in [5.74, 6) is -3.30. The summed E-state index contributed by atoms with van der Waals surface area (Å²) in [6, 6.07) is 1.24. The first-order valence-corrected chi connectivity index (χ1v) is 5.91. The fraction of sp³-hybridized carbons (Fsp3) is 0.636. The van der Waals surface area contributed by atoms with Crippen molar-refractivity contribution >= 4 is 5.82 Å². The average molecular weight is 275 g/mol. The third-order valence-corrected chi connectivity index (χ3v) is 3.09. The molecule has 1 fully saturated rings. The summed E-state index contributed by atoms with van der Waals surface area (Å²) in [6.07, 6.45) is -2.99. The Balaban J connectivity index is 2.31. The Morgan fingerprint density at radius 2 is 2.42 bits per heavy atom. The van der Waals surface area contributed by atoms with E-state index in [2.05, 4.69) is 4.98 Å².